The molecule has 0 aromatic heterocycles. The van der Waals surface area contributed by atoms with Crippen LogP contribution < -0.4 is 5.32 Å². The van der Waals surface area contributed by atoms with Crippen molar-refractivity contribution in [1.82, 2.24) is 9.62 Å². The predicted molar refractivity (Wildman–Crippen MR) is 89.3 cm³/mol. The molecule has 1 fully saturated rings. The topological polar surface area (TPSA) is 49.4 Å². The second kappa shape index (κ2) is 7.49. The number of sulfonamides is 1. The van der Waals surface area contributed by atoms with Crippen molar-refractivity contribution in [2.75, 3.05) is 20.1 Å². The first-order valence-corrected chi connectivity index (χ1v) is 8.69. The van der Waals surface area contributed by atoms with Crippen LogP contribution in [-0.2, 0) is 10.0 Å². The van der Waals surface area contributed by atoms with E-state index in [2.05, 4.69) is 5.32 Å². The van der Waals surface area contributed by atoms with E-state index >= 15 is 0 Å². The average Bonchev–Trinajstić information content (AvgIpc) is 2.44. The Morgan fingerprint density at radius 3 is 2.38 bits per heavy atom. The predicted octanol–water partition coefficient (Wildman–Crippen LogP) is 3.10. The van der Waals surface area contributed by atoms with Gasteiger partial charge in [-0.15, -0.1) is 12.4 Å². The highest BCUT2D eigenvalue weighted by Crippen LogP contribution is 2.30. The molecule has 1 aliphatic heterocycles. The third kappa shape index (κ3) is 4.03. The Hall–Kier alpha value is -0.0400. The summed E-state index contributed by atoms with van der Waals surface area (Å²) in [6.07, 6.45) is 1.83. The molecule has 1 aromatic carbocycles. The summed E-state index contributed by atoms with van der Waals surface area (Å²) in [5.74, 6) is 0. The average molecular weight is 374 g/mol. The van der Waals surface area contributed by atoms with Gasteiger partial charge in [-0.2, -0.15) is 4.31 Å². The molecule has 1 atom stereocenters. The third-order valence-electron chi connectivity index (χ3n) is 3.68. The summed E-state index contributed by atoms with van der Waals surface area (Å²) in [5, 5.41) is 3.88. The maximum Gasteiger partial charge on any atom is 0.243 e. The standard InChI is InChI=1S/C13H18Cl2N2O2S.ClH/c1-9-12(14)6-11(7-13(9)15)20(18,19)17-5-3-4-10(8-17)16-2;/h6-7,10,16H,3-5,8H2,1-2H3;1H. The molecule has 21 heavy (non-hydrogen) atoms. The SMILES string of the molecule is CNC1CCCN(S(=O)(=O)c2cc(Cl)c(C)c(Cl)c2)C1.Cl. The first kappa shape index (κ1) is 19.0. The van der Waals surface area contributed by atoms with E-state index in [1.807, 2.05) is 7.05 Å². The highest BCUT2D eigenvalue weighted by molar-refractivity contribution is 7.89. The molecule has 1 heterocycles. The van der Waals surface area contributed by atoms with Crippen molar-refractivity contribution < 1.29 is 8.42 Å². The Bertz CT molecular complexity index is 584. The van der Waals surface area contributed by atoms with Crippen LogP contribution >= 0.6 is 35.6 Å². The monoisotopic (exact) mass is 372 g/mol. The summed E-state index contributed by atoms with van der Waals surface area (Å²) in [5.41, 5.74) is 0.694. The highest BCUT2D eigenvalue weighted by atomic mass is 35.5. The summed E-state index contributed by atoms with van der Waals surface area (Å²) in [7, 11) is -1.69. The van der Waals surface area contributed by atoms with Gasteiger partial charge in [-0.25, -0.2) is 8.42 Å². The number of piperidine rings is 1. The maximum absolute atomic E-state index is 12.6. The van der Waals surface area contributed by atoms with Gasteiger partial charge < -0.3 is 5.32 Å². The molecule has 4 nitrogen and oxygen atoms in total. The molecule has 1 aromatic rings. The van der Waals surface area contributed by atoms with Crippen molar-refractivity contribution in [3.05, 3.63) is 27.7 Å². The third-order valence-corrected chi connectivity index (χ3v) is 6.31. The summed E-state index contributed by atoms with van der Waals surface area (Å²) in [4.78, 5) is 0.162. The van der Waals surface area contributed by atoms with Gasteiger partial charge in [-0.3, -0.25) is 0 Å². The van der Waals surface area contributed by atoms with Crippen molar-refractivity contribution in [3.8, 4) is 0 Å². The molecule has 0 radical (unpaired) electrons. The molecule has 8 heteroatoms. The zero-order valence-corrected chi connectivity index (χ0v) is 15.0. The van der Waals surface area contributed by atoms with Crippen LogP contribution in [0, 0.1) is 6.92 Å². The van der Waals surface area contributed by atoms with Crippen LogP contribution in [0.15, 0.2) is 17.0 Å². The van der Waals surface area contributed by atoms with Crippen molar-refractivity contribution >= 4 is 45.6 Å². The first-order valence-electron chi connectivity index (χ1n) is 6.49. The lowest BCUT2D eigenvalue weighted by Gasteiger charge is -2.31. The summed E-state index contributed by atoms with van der Waals surface area (Å²) >= 11 is 12.1. The second-order valence-corrected chi connectivity index (χ2v) is 7.76. The molecular formula is C13H19Cl3N2O2S. The lowest BCUT2D eigenvalue weighted by molar-refractivity contribution is 0.293. The van der Waals surface area contributed by atoms with Gasteiger partial charge in [0.25, 0.3) is 0 Å². The fourth-order valence-electron chi connectivity index (χ4n) is 2.32. The lowest BCUT2D eigenvalue weighted by Crippen LogP contribution is -2.46. The fraction of sp³-hybridized carbons (Fsp3) is 0.538. The Labute approximate surface area is 142 Å². The van der Waals surface area contributed by atoms with Crippen molar-refractivity contribution in [3.63, 3.8) is 0 Å². The van der Waals surface area contributed by atoms with Gasteiger partial charge in [0.1, 0.15) is 0 Å². The van der Waals surface area contributed by atoms with E-state index in [1.165, 1.54) is 16.4 Å². The molecule has 1 N–H and O–H groups in total. The van der Waals surface area contributed by atoms with Gasteiger partial charge >= 0.3 is 0 Å². The molecule has 1 aliphatic rings. The van der Waals surface area contributed by atoms with Gasteiger partial charge in [-0.1, -0.05) is 23.2 Å². The van der Waals surface area contributed by atoms with Crippen LogP contribution in [0.25, 0.3) is 0 Å². The van der Waals surface area contributed by atoms with E-state index in [-0.39, 0.29) is 23.3 Å². The van der Waals surface area contributed by atoms with Gasteiger partial charge in [-0.05, 0) is 44.5 Å². The Balaban J connectivity index is 0.00000220. The number of hydrogen-bond acceptors (Lipinski definition) is 3. The molecular weight excluding hydrogens is 355 g/mol. The van der Waals surface area contributed by atoms with Crippen molar-refractivity contribution in [1.29, 1.82) is 0 Å². The van der Waals surface area contributed by atoms with E-state index in [0.717, 1.165) is 12.8 Å². The van der Waals surface area contributed by atoms with Crippen LogP contribution in [0.5, 0.6) is 0 Å². The van der Waals surface area contributed by atoms with Gasteiger partial charge in [0.05, 0.1) is 4.90 Å². The van der Waals surface area contributed by atoms with Crippen LogP contribution in [0.2, 0.25) is 10.0 Å². The largest absolute Gasteiger partial charge is 0.316 e. The van der Waals surface area contributed by atoms with Crippen molar-refractivity contribution in [2.24, 2.45) is 0 Å². The van der Waals surface area contributed by atoms with E-state index in [1.54, 1.807) is 6.92 Å². The molecule has 0 bridgehead atoms. The molecule has 0 aliphatic carbocycles. The first-order chi connectivity index (χ1) is 9.36. The fourth-order valence-corrected chi connectivity index (χ4v) is 4.51. The number of halogens is 3. The smallest absolute Gasteiger partial charge is 0.243 e. The molecule has 1 saturated heterocycles. The van der Waals surface area contributed by atoms with Crippen LogP contribution in [0.4, 0.5) is 0 Å². The highest BCUT2D eigenvalue weighted by Gasteiger charge is 2.30. The second-order valence-electron chi connectivity index (χ2n) is 5.00. The molecule has 0 spiro atoms. The van der Waals surface area contributed by atoms with Crippen LogP contribution in [-0.4, -0.2) is 38.9 Å². The molecule has 0 amide bonds. The zero-order valence-electron chi connectivity index (χ0n) is 11.9. The number of benzene rings is 1. The number of rotatable bonds is 3. The van der Waals surface area contributed by atoms with Gasteiger partial charge in [0.15, 0.2) is 0 Å². The van der Waals surface area contributed by atoms with E-state index in [0.29, 0.717) is 28.7 Å². The molecule has 2 rings (SSSR count). The van der Waals surface area contributed by atoms with Gasteiger partial charge in [0.2, 0.25) is 10.0 Å². The minimum atomic E-state index is -3.54. The quantitative estimate of drug-likeness (QED) is 0.885. The van der Waals surface area contributed by atoms with Crippen molar-refractivity contribution in [2.45, 2.75) is 30.7 Å². The molecule has 0 saturated carbocycles. The Morgan fingerprint density at radius 2 is 1.86 bits per heavy atom. The number of hydrogen-bond donors (Lipinski definition) is 1. The Kier molecular flexibility index (Phi) is 6.78. The zero-order chi connectivity index (χ0) is 14.9. The summed E-state index contributed by atoms with van der Waals surface area (Å²) in [6, 6.07) is 3.14. The Morgan fingerprint density at radius 1 is 1.29 bits per heavy atom. The minimum Gasteiger partial charge on any atom is -0.316 e. The maximum atomic E-state index is 12.6. The molecule has 120 valence electrons. The lowest BCUT2D eigenvalue weighted by atomic mass is 10.1. The number of likely N-dealkylation sites (N-methyl/N-ethyl adjacent to an activating group) is 1. The number of nitrogens with one attached hydrogen (secondary N) is 1. The van der Waals surface area contributed by atoms with E-state index in [9.17, 15) is 8.42 Å². The van der Waals surface area contributed by atoms with E-state index in [4.69, 9.17) is 23.2 Å². The normalized spacial score (nSPS) is 20.1. The van der Waals surface area contributed by atoms with Crippen LogP contribution in [0.1, 0.15) is 18.4 Å². The molecule has 1 unspecified atom stereocenters. The number of nitrogens with zero attached hydrogens (tertiary/aromatic N) is 1. The summed E-state index contributed by atoms with van der Waals surface area (Å²) < 4.78 is 26.8. The van der Waals surface area contributed by atoms with Crippen LogP contribution in [0.3, 0.4) is 0 Å². The van der Waals surface area contributed by atoms with Gasteiger partial charge in [0, 0.05) is 29.2 Å². The minimum absolute atomic E-state index is 0. The summed E-state index contributed by atoms with van der Waals surface area (Å²) in [6.45, 7) is 2.77. The van der Waals surface area contributed by atoms with E-state index < -0.39 is 10.0 Å².